The van der Waals surface area contributed by atoms with Gasteiger partial charge in [0.15, 0.2) is 0 Å². The molecule has 2 aromatic carbocycles. The van der Waals surface area contributed by atoms with E-state index in [1.54, 1.807) is 4.90 Å². The number of hydrogen-bond acceptors (Lipinski definition) is 2. The van der Waals surface area contributed by atoms with Crippen LogP contribution in [0.5, 0.6) is 0 Å². The molecule has 0 saturated heterocycles. The largest absolute Gasteiger partial charge is 0.320 e. The van der Waals surface area contributed by atoms with E-state index >= 15 is 0 Å². The summed E-state index contributed by atoms with van der Waals surface area (Å²) in [7, 11) is 1.81. The minimum atomic E-state index is -0.156. The minimum Gasteiger partial charge on any atom is -0.320 e. The van der Waals surface area contributed by atoms with Crippen molar-refractivity contribution in [1.82, 2.24) is 0 Å². The number of amides is 1. The van der Waals surface area contributed by atoms with E-state index in [0.29, 0.717) is 6.42 Å². The van der Waals surface area contributed by atoms with Crippen LogP contribution in [-0.4, -0.2) is 13.0 Å². The van der Waals surface area contributed by atoms with Crippen molar-refractivity contribution >= 4 is 34.2 Å². The zero-order chi connectivity index (χ0) is 14.3. The molecule has 0 aliphatic carbocycles. The zero-order valence-corrected chi connectivity index (χ0v) is 13.3. The number of likely N-dealkylation sites (N-methyl/N-ethyl adjacent to an activating group) is 1. The number of halogens is 1. The summed E-state index contributed by atoms with van der Waals surface area (Å²) in [6, 6.07) is 14.1. The van der Waals surface area contributed by atoms with Gasteiger partial charge in [0.25, 0.3) is 0 Å². The van der Waals surface area contributed by atoms with Crippen LogP contribution < -0.4 is 10.6 Å². The van der Waals surface area contributed by atoms with Crippen molar-refractivity contribution in [2.24, 2.45) is 5.73 Å². The molecule has 1 heterocycles. The van der Waals surface area contributed by atoms with Crippen molar-refractivity contribution in [1.29, 1.82) is 0 Å². The fourth-order valence-corrected chi connectivity index (χ4v) is 3.14. The van der Waals surface area contributed by atoms with Gasteiger partial charge in [0.1, 0.15) is 0 Å². The molecule has 2 aromatic rings. The summed E-state index contributed by atoms with van der Waals surface area (Å²) in [5.74, 6) is 0.139. The van der Waals surface area contributed by atoms with Gasteiger partial charge >= 0.3 is 0 Å². The van der Waals surface area contributed by atoms with E-state index in [0.717, 1.165) is 22.4 Å². The van der Waals surface area contributed by atoms with Gasteiger partial charge in [0.2, 0.25) is 5.91 Å². The molecule has 0 spiro atoms. The van der Waals surface area contributed by atoms with Crippen LogP contribution in [0.3, 0.4) is 0 Å². The first-order valence-corrected chi connectivity index (χ1v) is 7.54. The molecule has 0 bridgehead atoms. The third kappa shape index (κ3) is 2.33. The number of carbonyl (C=O) groups is 1. The fourth-order valence-electron chi connectivity index (χ4n) is 2.58. The average Bonchev–Trinajstić information content (AvgIpc) is 2.73. The zero-order valence-electron chi connectivity index (χ0n) is 11.1. The summed E-state index contributed by atoms with van der Waals surface area (Å²) in [6.45, 7) is 0. The van der Waals surface area contributed by atoms with Gasteiger partial charge in [-0.15, -0.1) is 0 Å². The molecule has 102 valence electrons. The van der Waals surface area contributed by atoms with E-state index < -0.39 is 0 Å². The number of rotatable bonds is 2. The molecule has 20 heavy (non-hydrogen) atoms. The molecule has 4 heteroatoms. The number of nitrogens with zero attached hydrogens (tertiary/aromatic N) is 1. The molecule has 3 nitrogen and oxygen atoms in total. The normalized spacial score (nSPS) is 15.3. The van der Waals surface area contributed by atoms with Crippen molar-refractivity contribution in [3.8, 4) is 0 Å². The fraction of sp³-hybridized carbons (Fsp3) is 0.188. The predicted molar refractivity (Wildman–Crippen MR) is 88.7 cm³/mol. The van der Waals surface area contributed by atoms with Gasteiger partial charge in [-0.25, -0.2) is 0 Å². The molecule has 0 fully saturated rings. The van der Waals surface area contributed by atoms with E-state index in [1.165, 1.54) is 3.57 Å². The Morgan fingerprint density at radius 2 is 1.95 bits per heavy atom. The predicted octanol–water partition coefficient (Wildman–Crippen LogP) is 2.86. The molecule has 2 N–H and O–H groups in total. The maximum absolute atomic E-state index is 11.7. The second-order valence-corrected chi connectivity index (χ2v) is 6.30. The minimum absolute atomic E-state index is 0.139. The van der Waals surface area contributed by atoms with Crippen LogP contribution >= 0.6 is 22.6 Å². The lowest BCUT2D eigenvalue weighted by Crippen LogP contribution is -2.20. The number of carbonyl (C=O) groups excluding carboxylic acids is 1. The number of fused-ring (bicyclic) bond motifs is 1. The summed E-state index contributed by atoms with van der Waals surface area (Å²) < 4.78 is 1.17. The number of nitrogens with two attached hydrogens (primary N) is 1. The topological polar surface area (TPSA) is 46.3 Å². The van der Waals surface area contributed by atoms with Crippen LogP contribution in [0.25, 0.3) is 0 Å². The van der Waals surface area contributed by atoms with Crippen LogP contribution in [-0.2, 0) is 11.2 Å². The van der Waals surface area contributed by atoms with Crippen LogP contribution in [0.4, 0.5) is 5.69 Å². The number of benzene rings is 2. The van der Waals surface area contributed by atoms with E-state index in [1.807, 2.05) is 37.4 Å². The molecular weight excluding hydrogens is 363 g/mol. The molecule has 0 radical (unpaired) electrons. The van der Waals surface area contributed by atoms with Gasteiger partial charge in [-0.1, -0.05) is 24.3 Å². The van der Waals surface area contributed by atoms with Crippen LogP contribution in [0.1, 0.15) is 22.7 Å². The van der Waals surface area contributed by atoms with E-state index in [9.17, 15) is 4.79 Å². The van der Waals surface area contributed by atoms with Gasteiger partial charge < -0.3 is 10.6 Å². The van der Waals surface area contributed by atoms with E-state index in [2.05, 4.69) is 34.7 Å². The van der Waals surface area contributed by atoms with Gasteiger partial charge in [-0.2, -0.15) is 0 Å². The van der Waals surface area contributed by atoms with E-state index in [-0.39, 0.29) is 11.9 Å². The standard InChI is InChI=1S/C16H15IN2O/c1-19-14-6-5-11(7-12(14)9-15(19)20)16(18)10-3-2-4-13(17)8-10/h2-8,16H,9,18H2,1H3. The van der Waals surface area contributed by atoms with Crippen LogP contribution in [0, 0.1) is 3.57 Å². The highest BCUT2D eigenvalue weighted by molar-refractivity contribution is 14.1. The number of anilines is 1. The smallest absolute Gasteiger partial charge is 0.231 e. The highest BCUT2D eigenvalue weighted by Gasteiger charge is 2.24. The first-order valence-electron chi connectivity index (χ1n) is 6.46. The first kappa shape index (κ1) is 13.6. The van der Waals surface area contributed by atoms with Gasteiger partial charge in [-0.3, -0.25) is 4.79 Å². The van der Waals surface area contributed by atoms with Crippen molar-refractivity contribution in [3.05, 3.63) is 62.7 Å². The lowest BCUT2D eigenvalue weighted by molar-refractivity contribution is -0.117. The van der Waals surface area contributed by atoms with Gasteiger partial charge in [0.05, 0.1) is 12.5 Å². The SMILES string of the molecule is CN1C(=O)Cc2cc(C(N)c3cccc(I)c3)ccc21. The van der Waals surface area contributed by atoms with Gasteiger partial charge in [-0.05, 0) is 57.5 Å². The summed E-state index contributed by atoms with van der Waals surface area (Å²) in [6.07, 6.45) is 0.471. The highest BCUT2D eigenvalue weighted by atomic mass is 127. The Kier molecular flexibility index (Phi) is 3.52. The molecule has 1 aliphatic rings. The summed E-state index contributed by atoms with van der Waals surface area (Å²) in [5, 5.41) is 0. The molecule has 0 aromatic heterocycles. The molecular formula is C16H15IN2O. The molecule has 1 atom stereocenters. The summed E-state index contributed by atoms with van der Waals surface area (Å²) in [5.41, 5.74) is 10.5. The van der Waals surface area contributed by atoms with Crippen molar-refractivity contribution in [2.75, 3.05) is 11.9 Å². The lowest BCUT2D eigenvalue weighted by atomic mass is 9.97. The molecule has 1 unspecified atom stereocenters. The van der Waals surface area contributed by atoms with Gasteiger partial charge in [0, 0.05) is 16.3 Å². The maximum atomic E-state index is 11.7. The summed E-state index contributed by atoms with van der Waals surface area (Å²) in [4.78, 5) is 13.4. The first-order chi connectivity index (χ1) is 9.56. The lowest BCUT2D eigenvalue weighted by Gasteiger charge is -2.15. The van der Waals surface area contributed by atoms with Crippen molar-refractivity contribution in [2.45, 2.75) is 12.5 Å². The summed E-state index contributed by atoms with van der Waals surface area (Å²) >= 11 is 2.29. The maximum Gasteiger partial charge on any atom is 0.231 e. The third-order valence-corrected chi connectivity index (χ3v) is 4.42. The average molecular weight is 378 g/mol. The van der Waals surface area contributed by atoms with Crippen LogP contribution in [0.15, 0.2) is 42.5 Å². The Bertz CT molecular complexity index is 684. The van der Waals surface area contributed by atoms with Crippen LogP contribution in [0.2, 0.25) is 0 Å². The third-order valence-electron chi connectivity index (χ3n) is 3.75. The van der Waals surface area contributed by atoms with Crippen molar-refractivity contribution in [3.63, 3.8) is 0 Å². The van der Waals surface area contributed by atoms with Crippen molar-refractivity contribution < 1.29 is 4.79 Å². The molecule has 3 rings (SSSR count). The Labute approximate surface area is 131 Å². The number of hydrogen-bond donors (Lipinski definition) is 1. The molecule has 0 saturated carbocycles. The monoisotopic (exact) mass is 378 g/mol. The Balaban J connectivity index is 1.96. The Hall–Kier alpha value is -1.40. The molecule has 1 amide bonds. The molecule has 1 aliphatic heterocycles. The highest BCUT2D eigenvalue weighted by Crippen LogP contribution is 2.31. The Morgan fingerprint density at radius 1 is 1.20 bits per heavy atom. The van der Waals surface area contributed by atoms with E-state index in [4.69, 9.17) is 5.73 Å². The second-order valence-electron chi connectivity index (χ2n) is 5.05. The Morgan fingerprint density at radius 3 is 2.70 bits per heavy atom. The second kappa shape index (κ2) is 5.18. The quantitative estimate of drug-likeness (QED) is 0.817.